The monoisotopic (exact) mass is 327 g/mol. The van der Waals surface area contributed by atoms with E-state index in [9.17, 15) is 14.4 Å². The molecule has 0 aliphatic rings. The van der Waals surface area contributed by atoms with Gasteiger partial charge in [-0.1, -0.05) is 17.7 Å². The number of amides is 3. The van der Waals surface area contributed by atoms with E-state index in [0.717, 1.165) is 11.1 Å². The third kappa shape index (κ3) is 4.91. The van der Waals surface area contributed by atoms with Crippen LogP contribution >= 0.6 is 0 Å². The number of anilines is 1. The van der Waals surface area contributed by atoms with E-state index in [1.807, 2.05) is 26.0 Å². The molecule has 1 aromatic carbocycles. The Morgan fingerprint density at radius 2 is 1.79 bits per heavy atom. The molecule has 1 heterocycles. The molecule has 7 heteroatoms. The summed E-state index contributed by atoms with van der Waals surface area (Å²) in [5.74, 6) is -1.39. The van der Waals surface area contributed by atoms with Gasteiger partial charge >= 0.3 is 12.0 Å². The molecule has 3 amide bonds. The number of hydrogen-bond donors (Lipinski definition) is 2. The molecule has 0 spiro atoms. The highest BCUT2D eigenvalue weighted by Crippen LogP contribution is 2.15. The van der Waals surface area contributed by atoms with Crippen molar-refractivity contribution in [3.8, 4) is 0 Å². The number of pyridine rings is 1. The number of rotatable bonds is 4. The lowest BCUT2D eigenvalue weighted by atomic mass is 10.1. The van der Waals surface area contributed by atoms with Gasteiger partial charge in [-0.05, 0) is 37.6 Å². The van der Waals surface area contributed by atoms with Gasteiger partial charge in [-0.3, -0.25) is 15.1 Å². The molecule has 0 atom stereocenters. The number of imide groups is 1. The molecular formula is C17H17N3O4. The van der Waals surface area contributed by atoms with Crippen LogP contribution in [0, 0.1) is 13.8 Å². The van der Waals surface area contributed by atoms with Crippen molar-refractivity contribution in [2.75, 3.05) is 11.9 Å². The number of carbonyl (C=O) groups is 3. The van der Waals surface area contributed by atoms with Gasteiger partial charge in [0.05, 0.1) is 5.56 Å². The Morgan fingerprint density at radius 1 is 1.08 bits per heavy atom. The normalized spacial score (nSPS) is 9.92. The topological polar surface area (TPSA) is 97.4 Å². The third-order valence-electron chi connectivity index (χ3n) is 3.13. The van der Waals surface area contributed by atoms with Crippen LogP contribution in [0.25, 0.3) is 0 Å². The van der Waals surface area contributed by atoms with Crippen LogP contribution in [0.15, 0.2) is 42.7 Å². The van der Waals surface area contributed by atoms with Crippen molar-refractivity contribution in [1.29, 1.82) is 0 Å². The number of esters is 1. The number of aromatic nitrogens is 1. The Labute approximate surface area is 139 Å². The Kier molecular flexibility index (Phi) is 5.62. The minimum absolute atomic E-state index is 0.275. The van der Waals surface area contributed by atoms with E-state index < -0.39 is 24.5 Å². The molecule has 2 aromatic rings. The molecule has 124 valence electrons. The number of carbonyl (C=O) groups excluding carboxylic acids is 3. The fraction of sp³-hybridized carbons (Fsp3) is 0.176. The van der Waals surface area contributed by atoms with E-state index >= 15 is 0 Å². The minimum Gasteiger partial charge on any atom is -0.452 e. The predicted octanol–water partition coefficient (Wildman–Crippen LogP) is 2.20. The molecule has 2 rings (SSSR count). The molecule has 0 fully saturated rings. The van der Waals surface area contributed by atoms with E-state index in [1.165, 1.54) is 24.5 Å². The summed E-state index contributed by atoms with van der Waals surface area (Å²) >= 11 is 0. The van der Waals surface area contributed by atoms with Crippen LogP contribution in [0.2, 0.25) is 0 Å². The first-order valence-electron chi connectivity index (χ1n) is 7.21. The van der Waals surface area contributed by atoms with Crippen molar-refractivity contribution in [3.63, 3.8) is 0 Å². The molecule has 0 aliphatic carbocycles. The zero-order valence-electron chi connectivity index (χ0n) is 13.3. The van der Waals surface area contributed by atoms with E-state index in [-0.39, 0.29) is 5.56 Å². The number of nitrogens with one attached hydrogen (secondary N) is 2. The molecule has 7 nitrogen and oxygen atoms in total. The molecule has 0 saturated carbocycles. The fourth-order valence-corrected chi connectivity index (χ4v) is 1.97. The highest BCUT2D eigenvalue weighted by atomic mass is 16.5. The van der Waals surface area contributed by atoms with Crippen LogP contribution < -0.4 is 10.6 Å². The molecule has 0 unspecified atom stereocenters. The van der Waals surface area contributed by atoms with Crippen molar-refractivity contribution in [2.24, 2.45) is 0 Å². The first-order valence-corrected chi connectivity index (χ1v) is 7.21. The number of aryl methyl sites for hydroxylation is 2. The smallest absolute Gasteiger partial charge is 0.338 e. The Balaban J connectivity index is 1.81. The summed E-state index contributed by atoms with van der Waals surface area (Å²) in [5.41, 5.74) is 2.82. The minimum atomic E-state index is -0.723. The van der Waals surface area contributed by atoms with Gasteiger partial charge < -0.3 is 10.1 Å². The van der Waals surface area contributed by atoms with E-state index in [0.29, 0.717) is 5.69 Å². The Bertz CT molecular complexity index is 760. The van der Waals surface area contributed by atoms with Gasteiger partial charge in [-0.25, -0.2) is 9.59 Å². The summed E-state index contributed by atoms with van der Waals surface area (Å²) < 4.78 is 4.82. The largest absolute Gasteiger partial charge is 0.452 e. The summed E-state index contributed by atoms with van der Waals surface area (Å²) in [5, 5.41) is 4.67. The molecule has 0 bridgehead atoms. The molecule has 24 heavy (non-hydrogen) atoms. The molecule has 1 aromatic heterocycles. The van der Waals surface area contributed by atoms with E-state index in [4.69, 9.17) is 4.74 Å². The van der Waals surface area contributed by atoms with Gasteiger partial charge in [0.1, 0.15) is 0 Å². The summed E-state index contributed by atoms with van der Waals surface area (Å²) in [6, 6.07) is 7.75. The zero-order chi connectivity index (χ0) is 17.5. The molecule has 0 aliphatic heterocycles. The lowest BCUT2D eigenvalue weighted by Crippen LogP contribution is -2.37. The maximum atomic E-state index is 11.8. The number of nitrogens with zero attached hydrogens (tertiary/aromatic N) is 1. The van der Waals surface area contributed by atoms with Gasteiger partial charge in [0.25, 0.3) is 5.91 Å². The lowest BCUT2D eigenvalue weighted by molar-refractivity contribution is -0.123. The summed E-state index contributed by atoms with van der Waals surface area (Å²) in [6.07, 6.45) is 2.88. The van der Waals surface area contributed by atoms with Gasteiger partial charge in [0.15, 0.2) is 6.61 Å². The van der Waals surface area contributed by atoms with Crippen molar-refractivity contribution >= 4 is 23.6 Å². The Hall–Kier alpha value is -3.22. The average Bonchev–Trinajstić information content (AvgIpc) is 2.56. The zero-order valence-corrected chi connectivity index (χ0v) is 13.3. The number of benzene rings is 1. The first kappa shape index (κ1) is 17.1. The highest BCUT2D eigenvalue weighted by Gasteiger charge is 2.13. The van der Waals surface area contributed by atoms with Crippen molar-refractivity contribution in [3.05, 3.63) is 59.4 Å². The first-order chi connectivity index (χ1) is 11.5. The second kappa shape index (κ2) is 7.87. The van der Waals surface area contributed by atoms with Gasteiger partial charge in [0, 0.05) is 18.1 Å². The number of hydrogen-bond acceptors (Lipinski definition) is 5. The van der Waals surface area contributed by atoms with E-state index in [2.05, 4.69) is 15.6 Å². The summed E-state index contributed by atoms with van der Waals surface area (Å²) in [4.78, 5) is 38.9. The van der Waals surface area contributed by atoms with Crippen LogP contribution in [-0.4, -0.2) is 29.5 Å². The van der Waals surface area contributed by atoms with Crippen molar-refractivity contribution in [2.45, 2.75) is 13.8 Å². The van der Waals surface area contributed by atoms with Gasteiger partial charge in [-0.2, -0.15) is 0 Å². The van der Waals surface area contributed by atoms with Crippen LogP contribution in [0.4, 0.5) is 10.5 Å². The SMILES string of the molecule is Cc1ccc(NC(=O)NC(=O)COC(=O)c2ccncc2)c(C)c1. The molecule has 2 N–H and O–H groups in total. The van der Waals surface area contributed by atoms with Crippen LogP contribution in [0.3, 0.4) is 0 Å². The predicted molar refractivity (Wildman–Crippen MR) is 87.6 cm³/mol. The highest BCUT2D eigenvalue weighted by molar-refractivity contribution is 6.02. The quantitative estimate of drug-likeness (QED) is 0.839. The average molecular weight is 327 g/mol. The van der Waals surface area contributed by atoms with Crippen molar-refractivity contribution < 1.29 is 19.1 Å². The third-order valence-corrected chi connectivity index (χ3v) is 3.13. The lowest BCUT2D eigenvalue weighted by Gasteiger charge is -2.10. The maximum Gasteiger partial charge on any atom is 0.338 e. The summed E-state index contributed by atoms with van der Waals surface area (Å²) in [6.45, 7) is 3.24. The van der Waals surface area contributed by atoms with Crippen molar-refractivity contribution in [1.82, 2.24) is 10.3 Å². The van der Waals surface area contributed by atoms with Crippen LogP contribution in [-0.2, 0) is 9.53 Å². The maximum absolute atomic E-state index is 11.8. The van der Waals surface area contributed by atoms with Gasteiger partial charge in [0.2, 0.25) is 0 Å². The van der Waals surface area contributed by atoms with Gasteiger partial charge in [-0.15, -0.1) is 0 Å². The fourth-order valence-electron chi connectivity index (χ4n) is 1.97. The molecule has 0 radical (unpaired) electrons. The molecule has 0 saturated heterocycles. The Morgan fingerprint density at radius 3 is 2.46 bits per heavy atom. The molecular weight excluding hydrogens is 310 g/mol. The number of ether oxygens (including phenoxy) is 1. The standard InChI is InChI=1S/C17H17N3O4/c1-11-3-4-14(12(2)9-11)19-17(23)20-15(21)10-24-16(22)13-5-7-18-8-6-13/h3-9H,10H2,1-2H3,(H2,19,20,21,23). The number of urea groups is 1. The van der Waals surface area contributed by atoms with Crippen LogP contribution in [0.1, 0.15) is 21.5 Å². The van der Waals surface area contributed by atoms with E-state index in [1.54, 1.807) is 6.07 Å². The van der Waals surface area contributed by atoms with Crippen LogP contribution in [0.5, 0.6) is 0 Å². The summed E-state index contributed by atoms with van der Waals surface area (Å²) in [7, 11) is 0. The second-order valence-corrected chi connectivity index (χ2v) is 5.13. The second-order valence-electron chi connectivity index (χ2n) is 5.13.